The molecule has 0 amide bonds. The number of rotatable bonds is 1. The molecule has 0 radical (unpaired) electrons. The quantitative estimate of drug-likeness (QED) is 0.624. The molecule has 0 bridgehead atoms. The second-order valence-corrected chi connectivity index (χ2v) is 6.86. The van der Waals surface area contributed by atoms with Crippen LogP contribution in [0.2, 0.25) is 0 Å². The van der Waals surface area contributed by atoms with E-state index in [0.717, 1.165) is 10.7 Å². The highest BCUT2D eigenvalue weighted by Crippen LogP contribution is 2.40. The SMILES string of the molecule is BrC1CCCC(c2cccc3ccsc23)C1. The smallest absolute Gasteiger partial charge is 0.0377 e. The van der Waals surface area contributed by atoms with E-state index < -0.39 is 0 Å². The summed E-state index contributed by atoms with van der Waals surface area (Å²) in [5.41, 5.74) is 1.58. The summed E-state index contributed by atoms with van der Waals surface area (Å²) in [4.78, 5) is 0.724. The van der Waals surface area contributed by atoms with Crippen LogP contribution in [0.3, 0.4) is 0 Å². The van der Waals surface area contributed by atoms with E-state index in [-0.39, 0.29) is 0 Å². The molecule has 2 atom stereocenters. The maximum Gasteiger partial charge on any atom is 0.0377 e. The maximum absolute atomic E-state index is 3.78. The van der Waals surface area contributed by atoms with Crippen molar-refractivity contribution in [2.24, 2.45) is 0 Å². The van der Waals surface area contributed by atoms with Crippen molar-refractivity contribution in [2.45, 2.75) is 36.4 Å². The van der Waals surface area contributed by atoms with Crippen LogP contribution in [0.15, 0.2) is 29.6 Å². The van der Waals surface area contributed by atoms with E-state index in [2.05, 4.69) is 45.6 Å². The van der Waals surface area contributed by atoms with Gasteiger partial charge in [0.15, 0.2) is 0 Å². The van der Waals surface area contributed by atoms with E-state index >= 15 is 0 Å². The van der Waals surface area contributed by atoms with Crippen molar-refractivity contribution >= 4 is 37.4 Å². The lowest BCUT2D eigenvalue weighted by Gasteiger charge is -2.26. The minimum absolute atomic E-state index is 0.724. The number of hydrogen-bond donors (Lipinski definition) is 0. The van der Waals surface area contributed by atoms with Crippen molar-refractivity contribution in [3.05, 3.63) is 35.2 Å². The highest BCUT2D eigenvalue weighted by atomic mass is 79.9. The first kappa shape index (κ1) is 10.8. The molecule has 1 aromatic carbocycles. The predicted octanol–water partition coefficient (Wildman–Crippen LogP) is 5.32. The van der Waals surface area contributed by atoms with Crippen molar-refractivity contribution in [3.8, 4) is 0 Å². The van der Waals surface area contributed by atoms with E-state index in [4.69, 9.17) is 0 Å². The number of thiophene rings is 1. The lowest BCUT2D eigenvalue weighted by atomic mass is 9.84. The Labute approximate surface area is 109 Å². The number of halogens is 1. The Hall–Kier alpha value is -0.340. The van der Waals surface area contributed by atoms with Crippen molar-refractivity contribution in [1.29, 1.82) is 0 Å². The molecule has 0 aliphatic heterocycles. The van der Waals surface area contributed by atoms with Gasteiger partial charge in [-0.1, -0.05) is 40.5 Å². The fraction of sp³-hybridized carbons (Fsp3) is 0.429. The molecular weight excluding hydrogens is 280 g/mol. The molecule has 0 saturated heterocycles. The van der Waals surface area contributed by atoms with Gasteiger partial charge >= 0.3 is 0 Å². The second kappa shape index (κ2) is 4.50. The van der Waals surface area contributed by atoms with Gasteiger partial charge in [-0.2, -0.15) is 0 Å². The van der Waals surface area contributed by atoms with Gasteiger partial charge in [0.1, 0.15) is 0 Å². The molecule has 2 unspecified atom stereocenters. The molecule has 0 N–H and O–H groups in total. The Balaban J connectivity index is 2.01. The van der Waals surface area contributed by atoms with Gasteiger partial charge in [-0.25, -0.2) is 0 Å². The molecule has 16 heavy (non-hydrogen) atoms. The number of hydrogen-bond acceptors (Lipinski definition) is 1. The minimum Gasteiger partial charge on any atom is -0.144 e. The molecule has 1 fully saturated rings. The Bertz CT molecular complexity index is 488. The lowest BCUT2D eigenvalue weighted by molar-refractivity contribution is 0.460. The summed E-state index contributed by atoms with van der Waals surface area (Å²) in [5.74, 6) is 0.764. The Morgan fingerprint density at radius 1 is 1.19 bits per heavy atom. The van der Waals surface area contributed by atoms with Crippen LogP contribution in [0.5, 0.6) is 0 Å². The average Bonchev–Trinajstić information content (AvgIpc) is 2.76. The predicted molar refractivity (Wildman–Crippen MR) is 75.7 cm³/mol. The third-order valence-corrected chi connectivity index (χ3v) is 5.37. The van der Waals surface area contributed by atoms with Gasteiger partial charge < -0.3 is 0 Å². The van der Waals surface area contributed by atoms with E-state index in [9.17, 15) is 0 Å². The zero-order valence-electron chi connectivity index (χ0n) is 9.16. The first-order valence-electron chi connectivity index (χ1n) is 5.95. The van der Waals surface area contributed by atoms with Crippen molar-refractivity contribution in [2.75, 3.05) is 0 Å². The normalized spacial score (nSPS) is 26.1. The van der Waals surface area contributed by atoms with Crippen molar-refractivity contribution in [3.63, 3.8) is 0 Å². The van der Waals surface area contributed by atoms with Crippen LogP contribution in [0.25, 0.3) is 10.1 Å². The molecule has 3 rings (SSSR count). The first-order valence-corrected chi connectivity index (χ1v) is 7.74. The summed E-state index contributed by atoms with van der Waals surface area (Å²) in [6, 6.07) is 9.00. The van der Waals surface area contributed by atoms with Gasteiger partial charge in [0, 0.05) is 9.53 Å². The van der Waals surface area contributed by atoms with Crippen LogP contribution in [0.4, 0.5) is 0 Å². The average molecular weight is 295 g/mol. The summed E-state index contributed by atoms with van der Waals surface area (Å²) in [7, 11) is 0. The number of benzene rings is 1. The maximum atomic E-state index is 3.78. The largest absolute Gasteiger partial charge is 0.144 e. The van der Waals surface area contributed by atoms with Gasteiger partial charge in [-0.05, 0) is 47.6 Å². The zero-order chi connectivity index (χ0) is 11.0. The molecule has 0 nitrogen and oxygen atoms in total. The van der Waals surface area contributed by atoms with Gasteiger partial charge in [0.25, 0.3) is 0 Å². The van der Waals surface area contributed by atoms with Crippen LogP contribution >= 0.6 is 27.3 Å². The summed E-state index contributed by atoms with van der Waals surface area (Å²) in [6.45, 7) is 0. The van der Waals surface area contributed by atoms with Gasteiger partial charge in [0.05, 0.1) is 0 Å². The monoisotopic (exact) mass is 294 g/mol. The Morgan fingerprint density at radius 3 is 3.00 bits per heavy atom. The lowest BCUT2D eigenvalue weighted by Crippen LogP contribution is -2.13. The Morgan fingerprint density at radius 2 is 2.12 bits per heavy atom. The zero-order valence-corrected chi connectivity index (χ0v) is 11.6. The van der Waals surface area contributed by atoms with Crippen LogP contribution in [-0.4, -0.2) is 4.83 Å². The second-order valence-electron chi connectivity index (χ2n) is 4.65. The topological polar surface area (TPSA) is 0 Å². The molecule has 84 valence electrons. The minimum atomic E-state index is 0.724. The summed E-state index contributed by atoms with van der Waals surface area (Å²) in [5, 5.41) is 3.63. The summed E-state index contributed by atoms with van der Waals surface area (Å²) >= 11 is 5.68. The van der Waals surface area contributed by atoms with Crippen LogP contribution < -0.4 is 0 Å². The summed E-state index contributed by atoms with van der Waals surface area (Å²) < 4.78 is 1.51. The first-order chi connectivity index (χ1) is 7.84. The van der Waals surface area contributed by atoms with E-state index in [1.807, 2.05) is 11.3 Å². The van der Waals surface area contributed by atoms with E-state index in [1.54, 1.807) is 5.56 Å². The highest BCUT2D eigenvalue weighted by Gasteiger charge is 2.22. The van der Waals surface area contributed by atoms with Gasteiger partial charge in [-0.15, -0.1) is 11.3 Å². The van der Waals surface area contributed by atoms with Crippen LogP contribution in [0.1, 0.15) is 37.2 Å². The van der Waals surface area contributed by atoms with Gasteiger partial charge in [0.2, 0.25) is 0 Å². The van der Waals surface area contributed by atoms with Crippen LogP contribution in [-0.2, 0) is 0 Å². The fourth-order valence-electron chi connectivity index (χ4n) is 2.75. The molecule has 0 spiro atoms. The van der Waals surface area contributed by atoms with Crippen LogP contribution in [0, 0.1) is 0 Å². The van der Waals surface area contributed by atoms with Crippen molar-refractivity contribution in [1.82, 2.24) is 0 Å². The molecule has 2 heteroatoms. The van der Waals surface area contributed by atoms with E-state index in [1.165, 1.54) is 35.8 Å². The number of alkyl halides is 1. The van der Waals surface area contributed by atoms with Gasteiger partial charge in [-0.3, -0.25) is 0 Å². The highest BCUT2D eigenvalue weighted by molar-refractivity contribution is 9.09. The molecule has 2 aromatic rings. The molecule has 1 aromatic heterocycles. The number of fused-ring (bicyclic) bond motifs is 1. The molecule has 1 heterocycles. The fourth-order valence-corrected chi connectivity index (χ4v) is 4.52. The third kappa shape index (κ3) is 1.93. The summed E-state index contributed by atoms with van der Waals surface area (Å²) in [6.07, 6.45) is 5.37. The third-order valence-electron chi connectivity index (χ3n) is 3.56. The molecule has 1 aliphatic rings. The molecule has 1 aliphatic carbocycles. The molecular formula is C14H15BrS. The molecule has 1 saturated carbocycles. The van der Waals surface area contributed by atoms with E-state index in [0.29, 0.717) is 0 Å². The Kier molecular flexibility index (Phi) is 3.03. The standard InChI is InChI=1S/C14H15BrS/c15-12-5-1-4-11(9-12)13-6-2-3-10-7-8-16-14(10)13/h2-3,6-8,11-12H,1,4-5,9H2. The van der Waals surface area contributed by atoms with Crippen molar-refractivity contribution < 1.29 is 0 Å².